The Morgan fingerprint density at radius 1 is 1.22 bits per heavy atom. The molecule has 0 aromatic rings. The van der Waals surface area contributed by atoms with Crippen LogP contribution in [0.3, 0.4) is 0 Å². The second kappa shape index (κ2) is 11.3. The van der Waals surface area contributed by atoms with Crippen LogP contribution in [-0.2, 0) is 22.4 Å². The van der Waals surface area contributed by atoms with Gasteiger partial charge in [0.1, 0.15) is 0 Å². The molecule has 58 valence electrons. The van der Waals surface area contributed by atoms with Crippen LogP contribution in [-0.4, -0.2) is 0 Å². The van der Waals surface area contributed by atoms with Gasteiger partial charge in [-0.15, -0.1) is 0 Å². The first kappa shape index (κ1) is 12.2. The molecule has 0 amide bonds. The van der Waals surface area contributed by atoms with Crippen LogP contribution in [0, 0.1) is 6.58 Å². The van der Waals surface area contributed by atoms with Crippen LogP contribution in [0.25, 0.3) is 0 Å². The summed E-state index contributed by atoms with van der Waals surface area (Å²) >= 11 is 0. The van der Waals surface area contributed by atoms with Gasteiger partial charge in [0.15, 0.2) is 0 Å². The molecule has 0 fully saturated rings. The van der Waals surface area contributed by atoms with Gasteiger partial charge in [-0.25, -0.2) is 0 Å². The van der Waals surface area contributed by atoms with Crippen molar-refractivity contribution in [3.05, 3.63) is 12.7 Å². The summed E-state index contributed by atoms with van der Waals surface area (Å²) in [6, 6.07) is 0. The zero-order valence-corrected chi connectivity index (χ0v) is 8.16. The summed E-state index contributed by atoms with van der Waals surface area (Å²) in [5.41, 5.74) is 0. The van der Waals surface area contributed by atoms with Crippen molar-refractivity contribution in [1.29, 1.82) is 0 Å². The fourth-order valence-corrected chi connectivity index (χ4v) is 0.689. The molecule has 0 bridgehead atoms. The Bertz CT molecular complexity index is 50.5. The van der Waals surface area contributed by atoms with Gasteiger partial charge in [-0.3, -0.25) is 6.08 Å². The molecule has 0 aliphatic heterocycles. The molecule has 0 unspecified atom stereocenters. The molecule has 0 N–H and O–H groups in total. The first-order valence-electron chi connectivity index (χ1n) is 3.45. The Morgan fingerprint density at radius 3 is 2.33 bits per heavy atom. The number of unbranched alkanes of at least 4 members (excludes halogenated alkanes) is 4. The number of rotatable bonds is 5. The average molecular weight is 308 g/mol. The van der Waals surface area contributed by atoms with Gasteiger partial charge in [-0.2, -0.15) is 0 Å². The van der Waals surface area contributed by atoms with Crippen molar-refractivity contribution in [2.45, 2.75) is 39.0 Å². The van der Waals surface area contributed by atoms with Gasteiger partial charge in [-0.1, -0.05) is 39.0 Å². The standard InChI is InChI=1S/C8H15.Au/c1-3-5-7-8-6-4-2;/h1,3H,4-8H2,2H3;/q-1;+1. The topological polar surface area (TPSA) is 0 Å². The SMILES string of the molecule is [Au+].[CH-]=CCCCCCC. The molecule has 0 atom stereocenters. The van der Waals surface area contributed by atoms with E-state index in [-0.39, 0.29) is 22.4 Å². The van der Waals surface area contributed by atoms with Crippen molar-refractivity contribution in [1.82, 2.24) is 0 Å². The minimum Gasteiger partial charge on any atom is -0.518 e. The van der Waals surface area contributed by atoms with E-state index in [0.717, 1.165) is 6.42 Å². The first-order chi connectivity index (χ1) is 3.91. The van der Waals surface area contributed by atoms with Gasteiger partial charge >= 0.3 is 22.4 Å². The quantitative estimate of drug-likeness (QED) is 0.416. The van der Waals surface area contributed by atoms with Crippen molar-refractivity contribution in [2.24, 2.45) is 0 Å². The van der Waals surface area contributed by atoms with Crippen LogP contribution in [0.1, 0.15) is 39.0 Å². The molecule has 0 aliphatic rings. The van der Waals surface area contributed by atoms with E-state index in [1.54, 1.807) is 6.08 Å². The van der Waals surface area contributed by atoms with E-state index in [0.29, 0.717) is 0 Å². The van der Waals surface area contributed by atoms with Crippen LogP contribution < -0.4 is 0 Å². The maximum absolute atomic E-state index is 5.19. The monoisotopic (exact) mass is 308 g/mol. The Balaban J connectivity index is 0. The molecule has 0 spiro atoms. The van der Waals surface area contributed by atoms with Gasteiger partial charge in [0.25, 0.3) is 0 Å². The van der Waals surface area contributed by atoms with E-state index in [2.05, 4.69) is 6.92 Å². The van der Waals surface area contributed by atoms with Gasteiger partial charge < -0.3 is 6.58 Å². The largest absolute Gasteiger partial charge is 1.00 e. The molecule has 0 saturated carbocycles. The summed E-state index contributed by atoms with van der Waals surface area (Å²) in [6.07, 6.45) is 8.10. The smallest absolute Gasteiger partial charge is 0.518 e. The maximum Gasteiger partial charge on any atom is 1.00 e. The van der Waals surface area contributed by atoms with Crippen LogP contribution >= 0.6 is 0 Å². The summed E-state index contributed by atoms with van der Waals surface area (Å²) in [6.45, 7) is 7.40. The summed E-state index contributed by atoms with van der Waals surface area (Å²) in [5.74, 6) is 0. The Morgan fingerprint density at radius 2 is 1.89 bits per heavy atom. The van der Waals surface area contributed by atoms with Crippen molar-refractivity contribution in [3.63, 3.8) is 0 Å². The summed E-state index contributed by atoms with van der Waals surface area (Å²) in [7, 11) is 0. The predicted octanol–water partition coefficient (Wildman–Crippen LogP) is 2.94. The second-order valence-corrected chi connectivity index (χ2v) is 2.09. The molecular formula is C8H15Au. The van der Waals surface area contributed by atoms with E-state index in [1.807, 2.05) is 0 Å². The normalized spacial score (nSPS) is 8.11. The van der Waals surface area contributed by atoms with Crippen LogP contribution in [0.5, 0.6) is 0 Å². The molecule has 0 nitrogen and oxygen atoms in total. The van der Waals surface area contributed by atoms with E-state index in [4.69, 9.17) is 6.58 Å². The van der Waals surface area contributed by atoms with Crippen molar-refractivity contribution < 1.29 is 22.4 Å². The van der Waals surface area contributed by atoms with Gasteiger partial charge in [0.05, 0.1) is 0 Å². The third-order valence-electron chi connectivity index (χ3n) is 1.22. The molecule has 0 aromatic carbocycles. The Kier molecular flexibility index (Phi) is 15.3. The summed E-state index contributed by atoms with van der Waals surface area (Å²) in [5, 5.41) is 0. The van der Waals surface area contributed by atoms with E-state index in [9.17, 15) is 0 Å². The van der Waals surface area contributed by atoms with E-state index >= 15 is 0 Å². The molecule has 0 saturated heterocycles. The van der Waals surface area contributed by atoms with E-state index in [1.165, 1.54) is 25.7 Å². The third kappa shape index (κ3) is 11.9. The third-order valence-corrected chi connectivity index (χ3v) is 1.22. The van der Waals surface area contributed by atoms with Gasteiger partial charge in [0.2, 0.25) is 0 Å². The predicted molar refractivity (Wildman–Crippen MR) is 37.6 cm³/mol. The van der Waals surface area contributed by atoms with Crippen molar-refractivity contribution in [3.8, 4) is 0 Å². The fraction of sp³-hybridized carbons (Fsp3) is 0.750. The van der Waals surface area contributed by atoms with Crippen LogP contribution in [0.4, 0.5) is 0 Å². The average Bonchev–Trinajstić information content (AvgIpc) is 1.81. The molecule has 0 heterocycles. The number of allylic oxidation sites excluding steroid dienone is 1. The molecule has 0 radical (unpaired) electrons. The zero-order valence-electron chi connectivity index (χ0n) is 5.99. The Hall–Kier alpha value is 0.480. The van der Waals surface area contributed by atoms with Crippen molar-refractivity contribution >= 4 is 0 Å². The zero-order chi connectivity index (χ0) is 6.24. The molecule has 0 aromatic heterocycles. The summed E-state index contributed by atoms with van der Waals surface area (Å²) < 4.78 is 0. The van der Waals surface area contributed by atoms with Crippen LogP contribution in [0.15, 0.2) is 6.08 Å². The molecular weight excluding hydrogens is 293 g/mol. The minimum absolute atomic E-state index is 0. The molecule has 9 heavy (non-hydrogen) atoms. The summed E-state index contributed by atoms with van der Waals surface area (Å²) in [4.78, 5) is 0. The molecule has 0 aliphatic carbocycles. The Labute approximate surface area is 74.2 Å². The first-order valence-corrected chi connectivity index (χ1v) is 3.45. The van der Waals surface area contributed by atoms with Crippen LogP contribution in [0.2, 0.25) is 0 Å². The number of hydrogen-bond acceptors (Lipinski definition) is 0. The fourth-order valence-electron chi connectivity index (χ4n) is 0.689. The van der Waals surface area contributed by atoms with Gasteiger partial charge in [-0.05, 0) is 0 Å². The van der Waals surface area contributed by atoms with E-state index < -0.39 is 0 Å². The van der Waals surface area contributed by atoms with Crippen molar-refractivity contribution in [2.75, 3.05) is 0 Å². The second-order valence-electron chi connectivity index (χ2n) is 2.09. The minimum atomic E-state index is 0. The molecule has 0 rings (SSSR count). The molecule has 1 heteroatoms. The van der Waals surface area contributed by atoms with Gasteiger partial charge in [0, 0.05) is 0 Å². The maximum atomic E-state index is 5.19. The number of hydrogen-bond donors (Lipinski definition) is 0.